The van der Waals surface area contributed by atoms with E-state index in [1.54, 1.807) is 0 Å². The maximum Gasteiger partial charge on any atom is 0.257 e. The molecule has 0 unspecified atom stereocenters. The Labute approximate surface area is 106 Å². The Hall–Kier alpha value is -1.47. The molecule has 0 heterocycles. The number of hydrogen-bond acceptors (Lipinski definition) is 2. The molecule has 2 nitrogen and oxygen atoms in total. The fraction of sp³-hybridized carbons (Fsp3) is 0.308. The smallest absolute Gasteiger partial charge is 0.257 e. The van der Waals surface area contributed by atoms with Crippen molar-refractivity contribution >= 4 is 18.5 Å². The van der Waals surface area contributed by atoms with E-state index in [1.807, 2.05) is 6.92 Å². The van der Waals surface area contributed by atoms with Gasteiger partial charge in [0.25, 0.3) is 5.91 Å². The van der Waals surface area contributed by atoms with E-state index in [0.717, 1.165) is 6.42 Å². The Morgan fingerprint density at radius 2 is 2.29 bits per heavy atom. The lowest BCUT2D eigenvalue weighted by Crippen LogP contribution is -2.32. The van der Waals surface area contributed by atoms with Crippen LogP contribution in [0.15, 0.2) is 23.1 Å². The Morgan fingerprint density at radius 3 is 2.88 bits per heavy atom. The summed E-state index contributed by atoms with van der Waals surface area (Å²) in [6, 6.07) is 4.15. The third kappa shape index (κ3) is 3.50. The second-order valence-electron chi connectivity index (χ2n) is 3.59. The summed E-state index contributed by atoms with van der Waals surface area (Å²) in [4.78, 5) is 14.1. The molecule has 0 N–H and O–H groups in total. The summed E-state index contributed by atoms with van der Waals surface area (Å²) >= 11 is 4.09. The predicted octanol–water partition coefficient (Wildman–Crippen LogP) is 2.60. The highest BCUT2D eigenvalue weighted by atomic mass is 32.1. The Kier molecular flexibility index (Phi) is 5.05. The van der Waals surface area contributed by atoms with Crippen molar-refractivity contribution in [3.05, 3.63) is 29.6 Å². The summed E-state index contributed by atoms with van der Waals surface area (Å²) in [5, 5.41) is 0. The van der Waals surface area contributed by atoms with Gasteiger partial charge >= 0.3 is 0 Å². The van der Waals surface area contributed by atoms with Gasteiger partial charge in [0.05, 0.1) is 12.1 Å². The summed E-state index contributed by atoms with van der Waals surface area (Å²) in [7, 11) is 0. The van der Waals surface area contributed by atoms with E-state index in [1.165, 1.54) is 23.1 Å². The molecule has 0 saturated carbocycles. The zero-order valence-corrected chi connectivity index (χ0v) is 10.5. The fourth-order valence-electron chi connectivity index (χ4n) is 1.48. The molecule has 0 aliphatic rings. The number of halogens is 1. The van der Waals surface area contributed by atoms with Crippen molar-refractivity contribution in [2.45, 2.75) is 18.2 Å². The number of benzene rings is 1. The van der Waals surface area contributed by atoms with Crippen LogP contribution in [0.25, 0.3) is 0 Å². The number of terminal acetylenes is 1. The van der Waals surface area contributed by atoms with Crippen LogP contribution in [-0.2, 0) is 0 Å². The van der Waals surface area contributed by atoms with Gasteiger partial charge in [0.15, 0.2) is 0 Å². The number of nitrogens with zero attached hydrogens (tertiary/aromatic N) is 1. The number of hydrogen-bond donors (Lipinski definition) is 1. The Bertz CT molecular complexity index is 453. The van der Waals surface area contributed by atoms with Gasteiger partial charge in [0.1, 0.15) is 5.82 Å². The van der Waals surface area contributed by atoms with Crippen LogP contribution in [-0.4, -0.2) is 23.9 Å². The lowest BCUT2D eigenvalue weighted by Gasteiger charge is -2.19. The van der Waals surface area contributed by atoms with E-state index in [4.69, 9.17) is 6.42 Å². The molecule has 1 aromatic rings. The van der Waals surface area contributed by atoms with Crippen LogP contribution in [0, 0.1) is 18.2 Å². The van der Waals surface area contributed by atoms with E-state index in [-0.39, 0.29) is 12.1 Å². The first kappa shape index (κ1) is 13.6. The van der Waals surface area contributed by atoms with Gasteiger partial charge in [-0.15, -0.1) is 19.1 Å². The normalized spacial score (nSPS) is 9.76. The van der Waals surface area contributed by atoms with Crippen LogP contribution in [0.2, 0.25) is 0 Å². The minimum Gasteiger partial charge on any atom is -0.327 e. The lowest BCUT2D eigenvalue weighted by molar-refractivity contribution is 0.0772. The molecule has 0 atom stereocenters. The molecule has 4 heteroatoms. The zero-order valence-electron chi connectivity index (χ0n) is 9.61. The molecule has 1 aromatic carbocycles. The van der Waals surface area contributed by atoms with Gasteiger partial charge in [-0.3, -0.25) is 4.79 Å². The second-order valence-corrected chi connectivity index (χ2v) is 4.11. The van der Waals surface area contributed by atoms with E-state index in [2.05, 4.69) is 18.5 Å². The van der Waals surface area contributed by atoms with Crippen molar-refractivity contribution in [3.63, 3.8) is 0 Å². The summed E-state index contributed by atoms with van der Waals surface area (Å²) in [6.07, 6.45) is 5.96. The topological polar surface area (TPSA) is 20.3 Å². The highest BCUT2D eigenvalue weighted by molar-refractivity contribution is 7.80. The van der Waals surface area contributed by atoms with Crippen LogP contribution in [0.4, 0.5) is 4.39 Å². The monoisotopic (exact) mass is 251 g/mol. The molecule has 0 aliphatic heterocycles. The van der Waals surface area contributed by atoms with Gasteiger partial charge in [0.2, 0.25) is 0 Å². The van der Waals surface area contributed by atoms with Gasteiger partial charge in [-0.25, -0.2) is 4.39 Å². The number of carbonyl (C=O) groups excluding carboxylic acids is 1. The molecular formula is C13H14FNOS. The van der Waals surface area contributed by atoms with Crippen molar-refractivity contribution in [1.82, 2.24) is 4.90 Å². The van der Waals surface area contributed by atoms with Crippen LogP contribution in [0.1, 0.15) is 23.7 Å². The molecule has 0 saturated heterocycles. The van der Waals surface area contributed by atoms with Crippen molar-refractivity contribution in [1.29, 1.82) is 0 Å². The minimum absolute atomic E-state index is 0.0150. The number of rotatable bonds is 4. The van der Waals surface area contributed by atoms with E-state index in [0.29, 0.717) is 11.4 Å². The molecular weight excluding hydrogens is 237 g/mol. The number of thiol groups is 1. The SMILES string of the molecule is C#CCN(CCC)C(=O)c1cc(S)ccc1F. The Balaban J connectivity index is 3.00. The molecule has 0 spiro atoms. The highest BCUT2D eigenvalue weighted by Gasteiger charge is 2.18. The molecule has 1 rings (SSSR count). The molecule has 90 valence electrons. The highest BCUT2D eigenvalue weighted by Crippen LogP contribution is 2.15. The number of amides is 1. The quantitative estimate of drug-likeness (QED) is 0.644. The van der Waals surface area contributed by atoms with Crippen LogP contribution in [0.3, 0.4) is 0 Å². The molecule has 0 aromatic heterocycles. The van der Waals surface area contributed by atoms with Crippen molar-refractivity contribution in [2.75, 3.05) is 13.1 Å². The molecule has 0 bridgehead atoms. The van der Waals surface area contributed by atoms with E-state index in [9.17, 15) is 9.18 Å². The van der Waals surface area contributed by atoms with Crippen LogP contribution in [0.5, 0.6) is 0 Å². The zero-order chi connectivity index (χ0) is 12.8. The van der Waals surface area contributed by atoms with Gasteiger partial charge < -0.3 is 4.90 Å². The van der Waals surface area contributed by atoms with Crippen molar-refractivity contribution in [2.24, 2.45) is 0 Å². The minimum atomic E-state index is -0.550. The average molecular weight is 251 g/mol. The van der Waals surface area contributed by atoms with E-state index < -0.39 is 11.7 Å². The first-order valence-electron chi connectivity index (χ1n) is 5.31. The third-order valence-electron chi connectivity index (χ3n) is 2.24. The number of carbonyl (C=O) groups is 1. The maximum atomic E-state index is 13.5. The largest absolute Gasteiger partial charge is 0.327 e. The summed E-state index contributed by atoms with van der Waals surface area (Å²) < 4.78 is 13.5. The predicted molar refractivity (Wildman–Crippen MR) is 68.7 cm³/mol. The molecule has 0 fully saturated rings. The summed E-state index contributed by atoms with van der Waals surface area (Å²) in [5.41, 5.74) is 0.0150. The summed E-state index contributed by atoms with van der Waals surface area (Å²) in [5.74, 6) is 1.46. The maximum absolute atomic E-state index is 13.5. The standard InChI is InChI=1S/C13H14FNOS/c1-3-7-15(8-4-2)13(16)11-9-10(17)5-6-12(11)14/h1,5-6,9,17H,4,7-8H2,2H3. The van der Waals surface area contributed by atoms with Crippen molar-refractivity contribution < 1.29 is 9.18 Å². The van der Waals surface area contributed by atoms with Gasteiger partial charge in [0, 0.05) is 11.4 Å². The Morgan fingerprint density at radius 1 is 1.59 bits per heavy atom. The van der Waals surface area contributed by atoms with Crippen LogP contribution < -0.4 is 0 Å². The van der Waals surface area contributed by atoms with Crippen LogP contribution >= 0.6 is 12.6 Å². The first-order valence-corrected chi connectivity index (χ1v) is 5.76. The molecule has 1 amide bonds. The van der Waals surface area contributed by atoms with E-state index >= 15 is 0 Å². The van der Waals surface area contributed by atoms with Gasteiger partial charge in [-0.05, 0) is 24.6 Å². The van der Waals surface area contributed by atoms with Crippen molar-refractivity contribution in [3.8, 4) is 12.3 Å². The second kappa shape index (κ2) is 6.31. The van der Waals surface area contributed by atoms with Gasteiger partial charge in [-0.2, -0.15) is 0 Å². The third-order valence-corrected chi connectivity index (χ3v) is 2.52. The molecule has 17 heavy (non-hydrogen) atoms. The fourth-order valence-corrected chi connectivity index (χ4v) is 1.68. The average Bonchev–Trinajstić information content (AvgIpc) is 2.31. The first-order chi connectivity index (χ1) is 8.10. The summed E-state index contributed by atoms with van der Waals surface area (Å²) in [6.45, 7) is 2.63. The molecule has 0 radical (unpaired) electrons. The molecule has 0 aliphatic carbocycles. The lowest BCUT2D eigenvalue weighted by atomic mass is 10.2. The van der Waals surface area contributed by atoms with Gasteiger partial charge in [-0.1, -0.05) is 12.8 Å².